The zero-order valence-electron chi connectivity index (χ0n) is 17.9. The van der Waals surface area contributed by atoms with E-state index in [4.69, 9.17) is 4.98 Å². The molecule has 1 heterocycles. The Hall–Kier alpha value is -2.21. The van der Waals surface area contributed by atoms with Crippen molar-refractivity contribution in [3.8, 4) is 11.3 Å². The highest BCUT2D eigenvalue weighted by Crippen LogP contribution is 2.62. The van der Waals surface area contributed by atoms with Gasteiger partial charge < -0.3 is 10.6 Å². The van der Waals surface area contributed by atoms with E-state index < -0.39 is 0 Å². The van der Waals surface area contributed by atoms with E-state index >= 15 is 0 Å². The normalized spacial score (nSPS) is 31.6. The van der Waals surface area contributed by atoms with Gasteiger partial charge in [0, 0.05) is 23.4 Å². The summed E-state index contributed by atoms with van der Waals surface area (Å²) in [7, 11) is 0. The number of hydrogen-bond acceptors (Lipinski definition) is 4. The molecule has 4 saturated carbocycles. The van der Waals surface area contributed by atoms with Gasteiger partial charge in [-0.2, -0.15) is 0 Å². The number of nitrogens with one attached hydrogen (secondary N) is 2. The van der Waals surface area contributed by atoms with E-state index in [2.05, 4.69) is 42.7 Å². The Morgan fingerprint density at radius 2 is 1.83 bits per heavy atom. The molecule has 4 aliphatic carbocycles. The summed E-state index contributed by atoms with van der Waals surface area (Å²) in [5.74, 6) is 1.18. The predicted octanol–water partition coefficient (Wildman–Crippen LogP) is 4.84. The quantitative estimate of drug-likeness (QED) is 0.739. The number of carbonyl (C=O) groups is 2. The van der Waals surface area contributed by atoms with E-state index in [1.807, 2.05) is 5.38 Å². The first kappa shape index (κ1) is 19.7. The number of carbonyl (C=O) groups excluding carboxylic acids is 2. The van der Waals surface area contributed by atoms with Crippen molar-refractivity contribution in [3.63, 3.8) is 0 Å². The molecule has 2 N–H and O–H groups in total. The van der Waals surface area contributed by atoms with Gasteiger partial charge in [0.2, 0.25) is 11.8 Å². The summed E-state index contributed by atoms with van der Waals surface area (Å²) in [6.45, 7) is 5.80. The van der Waals surface area contributed by atoms with Crippen molar-refractivity contribution in [3.05, 3.63) is 34.7 Å². The number of benzene rings is 1. The number of aromatic nitrogens is 1. The lowest BCUT2D eigenvalue weighted by molar-refractivity contribution is -0.148. The van der Waals surface area contributed by atoms with Crippen molar-refractivity contribution in [1.82, 2.24) is 10.3 Å². The monoisotopic (exact) mass is 423 g/mol. The summed E-state index contributed by atoms with van der Waals surface area (Å²) in [5, 5.41) is 9.05. The Balaban J connectivity index is 1.36. The van der Waals surface area contributed by atoms with Crippen LogP contribution in [0.15, 0.2) is 23.6 Å². The highest BCUT2D eigenvalue weighted by molar-refractivity contribution is 7.14. The first-order chi connectivity index (χ1) is 14.3. The van der Waals surface area contributed by atoms with Gasteiger partial charge in [0.25, 0.3) is 0 Å². The molecule has 0 aliphatic heterocycles. The van der Waals surface area contributed by atoms with Gasteiger partial charge in [-0.15, -0.1) is 11.3 Å². The molecule has 4 atom stereocenters. The van der Waals surface area contributed by atoms with Crippen molar-refractivity contribution in [2.75, 3.05) is 5.32 Å². The van der Waals surface area contributed by atoms with Crippen molar-refractivity contribution in [2.45, 2.75) is 64.8 Å². The predicted molar refractivity (Wildman–Crippen MR) is 119 cm³/mol. The first-order valence-electron chi connectivity index (χ1n) is 10.9. The summed E-state index contributed by atoms with van der Waals surface area (Å²) in [5.41, 5.74) is 3.91. The molecule has 4 aliphatic rings. The molecule has 5 nitrogen and oxygen atoms in total. The Bertz CT molecular complexity index is 1010. The van der Waals surface area contributed by atoms with E-state index in [-0.39, 0.29) is 22.8 Å². The lowest BCUT2D eigenvalue weighted by atomic mass is 9.46. The largest absolute Gasteiger partial charge is 0.351 e. The SMILES string of the molecule is CC(=O)NC12C[C@H]3C[C@@H](C1)CC(C(=O)Nc1nc(-c4ccc(C)c(C)c4)cs1)(C3)C2. The van der Waals surface area contributed by atoms with Crippen LogP contribution in [0.4, 0.5) is 5.13 Å². The van der Waals surface area contributed by atoms with E-state index in [0.29, 0.717) is 17.0 Å². The third kappa shape index (κ3) is 3.35. The molecule has 1 aromatic heterocycles. The molecule has 6 heteroatoms. The topological polar surface area (TPSA) is 71.1 Å². The van der Waals surface area contributed by atoms with Crippen LogP contribution in [0.2, 0.25) is 0 Å². The molecule has 30 heavy (non-hydrogen) atoms. The van der Waals surface area contributed by atoms with Gasteiger partial charge in [-0.05, 0) is 81.4 Å². The number of amides is 2. The third-order valence-electron chi connectivity index (χ3n) is 7.51. The summed E-state index contributed by atoms with van der Waals surface area (Å²) in [6.07, 6.45) is 5.87. The second kappa shape index (κ2) is 6.91. The van der Waals surface area contributed by atoms with E-state index in [1.54, 1.807) is 6.92 Å². The smallest absolute Gasteiger partial charge is 0.232 e. The average molecular weight is 424 g/mol. The van der Waals surface area contributed by atoms with Crippen LogP contribution in [0.25, 0.3) is 11.3 Å². The second-order valence-electron chi connectivity index (χ2n) is 9.99. The van der Waals surface area contributed by atoms with E-state index in [9.17, 15) is 9.59 Å². The molecule has 0 spiro atoms. The van der Waals surface area contributed by atoms with Crippen LogP contribution in [-0.4, -0.2) is 22.3 Å². The number of anilines is 1. The van der Waals surface area contributed by atoms with Gasteiger partial charge in [-0.1, -0.05) is 12.1 Å². The lowest BCUT2D eigenvalue weighted by Crippen LogP contribution is -2.65. The third-order valence-corrected chi connectivity index (χ3v) is 8.27. The number of thiazole rings is 1. The zero-order valence-corrected chi connectivity index (χ0v) is 18.7. The summed E-state index contributed by atoms with van der Waals surface area (Å²) >= 11 is 1.48. The fourth-order valence-electron chi connectivity index (χ4n) is 6.64. The van der Waals surface area contributed by atoms with Gasteiger partial charge in [-0.3, -0.25) is 9.59 Å². The second-order valence-corrected chi connectivity index (χ2v) is 10.9. The minimum absolute atomic E-state index is 0.0189. The van der Waals surface area contributed by atoms with Crippen LogP contribution >= 0.6 is 11.3 Å². The maximum absolute atomic E-state index is 13.5. The maximum Gasteiger partial charge on any atom is 0.232 e. The molecule has 2 amide bonds. The highest BCUT2D eigenvalue weighted by Gasteiger charge is 2.60. The van der Waals surface area contributed by atoms with Gasteiger partial charge >= 0.3 is 0 Å². The number of hydrogen-bond donors (Lipinski definition) is 2. The van der Waals surface area contributed by atoms with Crippen molar-refractivity contribution < 1.29 is 9.59 Å². The lowest BCUT2D eigenvalue weighted by Gasteiger charge is -2.61. The maximum atomic E-state index is 13.5. The first-order valence-corrected chi connectivity index (χ1v) is 11.8. The molecule has 0 radical (unpaired) electrons. The standard InChI is InChI=1S/C24H29N3O2S/c1-14-4-5-19(6-15(14)2)20-12-30-22(25-20)26-21(29)23-8-17-7-18(9-23)11-24(10-17,13-23)27-16(3)28/h4-6,12,17-18H,7-11,13H2,1-3H3,(H,27,28)(H,25,26,29)/t17-,18+,23?,24?. The number of rotatable bonds is 4. The van der Waals surface area contributed by atoms with E-state index in [1.165, 1.54) is 28.9 Å². The molecule has 2 unspecified atom stereocenters. The summed E-state index contributed by atoms with van der Waals surface area (Å²) in [6, 6.07) is 6.34. The van der Waals surface area contributed by atoms with Crippen LogP contribution in [-0.2, 0) is 9.59 Å². The van der Waals surface area contributed by atoms with Crippen molar-refractivity contribution in [2.24, 2.45) is 17.3 Å². The minimum Gasteiger partial charge on any atom is -0.351 e. The molecular weight excluding hydrogens is 394 g/mol. The Morgan fingerprint density at radius 1 is 1.10 bits per heavy atom. The van der Waals surface area contributed by atoms with Crippen molar-refractivity contribution >= 4 is 28.3 Å². The fraction of sp³-hybridized carbons (Fsp3) is 0.542. The molecule has 0 saturated heterocycles. The zero-order chi connectivity index (χ0) is 21.1. The van der Waals surface area contributed by atoms with Gasteiger partial charge in [0.05, 0.1) is 11.1 Å². The molecule has 2 aromatic rings. The van der Waals surface area contributed by atoms with E-state index in [0.717, 1.165) is 43.4 Å². The van der Waals surface area contributed by atoms with Gasteiger partial charge in [0.15, 0.2) is 5.13 Å². The average Bonchev–Trinajstić information content (AvgIpc) is 3.10. The molecule has 4 fully saturated rings. The van der Waals surface area contributed by atoms with Crippen LogP contribution < -0.4 is 10.6 Å². The molecule has 4 bridgehead atoms. The highest BCUT2D eigenvalue weighted by atomic mass is 32.1. The van der Waals surface area contributed by atoms with Gasteiger partial charge in [-0.25, -0.2) is 4.98 Å². The molecule has 6 rings (SSSR count). The summed E-state index contributed by atoms with van der Waals surface area (Å²) < 4.78 is 0. The van der Waals surface area contributed by atoms with Crippen LogP contribution in [0, 0.1) is 31.1 Å². The van der Waals surface area contributed by atoms with Crippen molar-refractivity contribution in [1.29, 1.82) is 0 Å². The molecule has 158 valence electrons. The van der Waals surface area contributed by atoms with Crippen LogP contribution in [0.1, 0.15) is 56.6 Å². The Morgan fingerprint density at radius 3 is 2.50 bits per heavy atom. The Labute approximate surface area is 181 Å². The minimum atomic E-state index is -0.376. The van der Waals surface area contributed by atoms with Crippen LogP contribution in [0.5, 0.6) is 0 Å². The number of nitrogens with zero attached hydrogens (tertiary/aromatic N) is 1. The van der Waals surface area contributed by atoms with Gasteiger partial charge in [0.1, 0.15) is 0 Å². The summed E-state index contributed by atoms with van der Waals surface area (Å²) in [4.78, 5) is 30.0. The Kier molecular flexibility index (Phi) is 4.54. The molecule has 1 aromatic carbocycles. The van der Waals surface area contributed by atoms with Crippen LogP contribution in [0.3, 0.4) is 0 Å². The fourth-order valence-corrected chi connectivity index (χ4v) is 7.36. The number of aryl methyl sites for hydroxylation is 2. The molecular formula is C24H29N3O2S.